The van der Waals surface area contributed by atoms with Crippen LogP contribution in [0.4, 0.5) is 0 Å². The van der Waals surface area contributed by atoms with Crippen molar-refractivity contribution < 1.29 is 14.6 Å². The first kappa shape index (κ1) is 13.8. The summed E-state index contributed by atoms with van der Waals surface area (Å²) in [5.74, 6) is -0.958. The molecule has 0 bridgehead atoms. The minimum absolute atomic E-state index is 0.191. The number of carboxylic acids is 1. The number of aromatic carboxylic acids is 1. The number of carbonyl (C=O) groups is 1. The van der Waals surface area contributed by atoms with Crippen LogP contribution in [-0.4, -0.2) is 27.5 Å². The zero-order valence-electron chi connectivity index (χ0n) is 12.0. The summed E-state index contributed by atoms with van der Waals surface area (Å²) in [5, 5.41) is 13.7. The van der Waals surface area contributed by atoms with Gasteiger partial charge in [-0.05, 0) is 30.9 Å². The van der Waals surface area contributed by atoms with Gasteiger partial charge in [-0.1, -0.05) is 25.1 Å². The molecule has 1 fully saturated rings. The third-order valence-electron chi connectivity index (χ3n) is 3.87. The number of hydrogen-bond donors (Lipinski definition) is 1. The fraction of sp³-hybridized carbons (Fsp3) is 0.375. The summed E-state index contributed by atoms with van der Waals surface area (Å²) in [7, 11) is 0. The van der Waals surface area contributed by atoms with E-state index in [1.165, 1.54) is 6.20 Å². The number of carboxylic acid groups (broad SMARTS) is 1. The average molecular weight is 286 g/mol. The Morgan fingerprint density at radius 1 is 1.48 bits per heavy atom. The SMILES string of the molecule is CCc1ccccc1-n1ncc(C(=O)O)c1C1CCCO1. The van der Waals surface area contributed by atoms with Crippen molar-refractivity contribution in [2.45, 2.75) is 32.3 Å². The molecule has 1 aliphatic heterocycles. The lowest BCUT2D eigenvalue weighted by molar-refractivity contribution is 0.0679. The molecule has 21 heavy (non-hydrogen) atoms. The van der Waals surface area contributed by atoms with Crippen LogP contribution in [0, 0.1) is 0 Å². The van der Waals surface area contributed by atoms with E-state index in [4.69, 9.17) is 4.74 Å². The number of aromatic nitrogens is 2. The Morgan fingerprint density at radius 3 is 2.95 bits per heavy atom. The number of hydrogen-bond acceptors (Lipinski definition) is 3. The van der Waals surface area contributed by atoms with Crippen LogP contribution >= 0.6 is 0 Å². The molecule has 1 N–H and O–H groups in total. The summed E-state index contributed by atoms with van der Waals surface area (Å²) in [6, 6.07) is 7.93. The summed E-state index contributed by atoms with van der Waals surface area (Å²) >= 11 is 0. The minimum Gasteiger partial charge on any atom is -0.478 e. The number of aryl methyl sites for hydroxylation is 1. The molecule has 3 rings (SSSR count). The fourth-order valence-electron chi connectivity index (χ4n) is 2.83. The summed E-state index contributed by atoms with van der Waals surface area (Å²) in [6.45, 7) is 2.75. The molecule has 1 unspecified atom stereocenters. The topological polar surface area (TPSA) is 64.4 Å². The predicted octanol–water partition coefficient (Wildman–Crippen LogP) is 2.98. The third-order valence-corrected chi connectivity index (χ3v) is 3.87. The molecule has 0 amide bonds. The molecule has 2 aromatic rings. The van der Waals surface area contributed by atoms with Gasteiger partial charge in [-0.2, -0.15) is 5.10 Å². The minimum atomic E-state index is -0.958. The van der Waals surface area contributed by atoms with Gasteiger partial charge in [0, 0.05) is 6.61 Å². The van der Waals surface area contributed by atoms with E-state index in [2.05, 4.69) is 12.0 Å². The second kappa shape index (κ2) is 5.69. The van der Waals surface area contributed by atoms with E-state index < -0.39 is 5.97 Å². The van der Waals surface area contributed by atoms with Crippen molar-refractivity contribution in [3.05, 3.63) is 47.3 Å². The van der Waals surface area contributed by atoms with E-state index in [-0.39, 0.29) is 11.7 Å². The van der Waals surface area contributed by atoms with Gasteiger partial charge in [0.05, 0.1) is 17.6 Å². The Labute approximate surface area is 123 Å². The smallest absolute Gasteiger partial charge is 0.339 e. The third kappa shape index (κ3) is 2.45. The molecule has 1 aromatic carbocycles. The lowest BCUT2D eigenvalue weighted by Gasteiger charge is -2.16. The molecule has 1 saturated heterocycles. The van der Waals surface area contributed by atoms with Gasteiger partial charge in [0.25, 0.3) is 0 Å². The summed E-state index contributed by atoms with van der Waals surface area (Å²) in [6.07, 6.45) is 3.88. The van der Waals surface area contributed by atoms with E-state index in [0.29, 0.717) is 12.3 Å². The van der Waals surface area contributed by atoms with Crippen molar-refractivity contribution in [3.8, 4) is 5.69 Å². The second-order valence-corrected chi connectivity index (χ2v) is 5.14. The zero-order valence-corrected chi connectivity index (χ0v) is 12.0. The Hall–Kier alpha value is -2.14. The molecule has 5 heteroatoms. The number of benzene rings is 1. The average Bonchev–Trinajstić information content (AvgIpc) is 3.15. The molecule has 1 aliphatic rings. The van der Waals surface area contributed by atoms with E-state index >= 15 is 0 Å². The highest BCUT2D eigenvalue weighted by atomic mass is 16.5. The van der Waals surface area contributed by atoms with E-state index in [1.54, 1.807) is 4.68 Å². The number of para-hydroxylation sites is 1. The zero-order chi connectivity index (χ0) is 14.8. The van der Waals surface area contributed by atoms with Gasteiger partial charge in [0.1, 0.15) is 11.7 Å². The normalized spacial score (nSPS) is 18.0. The van der Waals surface area contributed by atoms with Crippen LogP contribution in [0.1, 0.15) is 47.5 Å². The largest absolute Gasteiger partial charge is 0.478 e. The van der Waals surface area contributed by atoms with Crippen molar-refractivity contribution in [1.82, 2.24) is 9.78 Å². The van der Waals surface area contributed by atoms with Gasteiger partial charge in [-0.15, -0.1) is 0 Å². The fourth-order valence-corrected chi connectivity index (χ4v) is 2.83. The van der Waals surface area contributed by atoms with Gasteiger partial charge in [-0.25, -0.2) is 9.48 Å². The van der Waals surface area contributed by atoms with Crippen LogP contribution in [0.15, 0.2) is 30.5 Å². The quantitative estimate of drug-likeness (QED) is 0.938. The van der Waals surface area contributed by atoms with Crippen LogP contribution < -0.4 is 0 Å². The van der Waals surface area contributed by atoms with Crippen molar-refractivity contribution >= 4 is 5.97 Å². The number of rotatable bonds is 4. The summed E-state index contributed by atoms with van der Waals surface area (Å²) in [5.41, 5.74) is 2.95. The van der Waals surface area contributed by atoms with Crippen LogP contribution in [0.2, 0.25) is 0 Å². The maximum atomic E-state index is 11.5. The van der Waals surface area contributed by atoms with Gasteiger partial charge in [0.15, 0.2) is 0 Å². The molecule has 1 atom stereocenters. The lowest BCUT2D eigenvalue weighted by Crippen LogP contribution is -2.12. The maximum Gasteiger partial charge on any atom is 0.339 e. The first-order chi connectivity index (χ1) is 10.2. The molecule has 110 valence electrons. The monoisotopic (exact) mass is 286 g/mol. The molecule has 0 radical (unpaired) electrons. The molecular weight excluding hydrogens is 268 g/mol. The first-order valence-corrected chi connectivity index (χ1v) is 7.23. The molecule has 2 heterocycles. The highest BCUT2D eigenvalue weighted by Gasteiger charge is 2.29. The Balaban J connectivity index is 2.16. The van der Waals surface area contributed by atoms with E-state index in [1.807, 2.05) is 24.3 Å². The summed E-state index contributed by atoms with van der Waals surface area (Å²) < 4.78 is 7.43. The molecule has 0 saturated carbocycles. The number of ether oxygens (including phenoxy) is 1. The first-order valence-electron chi connectivity index (χ1n) is 7.23. The second-order valence-electron chi connectivity index (χ2n) is 5.14. The molecule has 0 spiro atoms. The van der Waals surface area contributed by atoms with Crippen LogP contribution in [-0.2, 0) is 11.2 Å². The van der Waals surface area contributed by atoms with Gasteiger partial charge >= 0.3 is 5.97 Å². The maximum absolute atomic E-state index is 11.5. The summed E-state index contributed by atoms with van der Waals surface area (Å²) in [4.78, 5) is 11.5. The van der Waals surface area contributed by atoms with Crippen molar-refractivity contribution in [2.75, 3.05) is 6.61 Å². The Morgan fingerprint density at radius 2 is 2.29 bits per heavy atom. The number of nitrogens with zero attached hydrogens (tertiary/aromatic N) is 2. The van der Waals surface area contributed by atoms with Crippen LogP contribution in [0.3, 0.4) is 0 Å². The molecule has 1 aromatic heterocycles. The van der Waals surface area contributed by atoms with Crippen molar-refractivity contribution in [3.63, 3.8) is 0 Å². The highest BCUT2D eigenvalue weighted by Crippen LogP contribution is 2.33. The van der Waals surface area contributed by atoms with Gasteiger partial charge in [0.2, 0.25) is 0 Å². The highest BCUT2D eigenvalue weighted by molar-refractivity contribution is 5.89. The van der Waals surface area contributed by atoms with Gasteiger partial charge < -0.3 is 9.84 Å². The Bertz CT molecular complexity index is 657. The van der Waals surface area contributed by atoms with Gasteiger partial charge in [-0.3, -0.25) is 0 Å². The molecular formula is C16H18N2O3. The Kier molecular flexibility index (Phi) is 3.75. The molecule has 0 aliphatic carbocycles. The predicted molar refractivity (Wildman–Crippen MR) is 77.8 cm³/mol. The lowest BCUT2D eigenvalue weighted by atomic mass is 10.1. The standard InChI is InChI=1S/C16H18N2O3/c1-2-11-6-3-4-7-13(11)18-15(14-8-5-9-21-14)12(10-17-18)16(19)20/h3-4,6-7,10,14H,2,5,8-9H2,1H3,(H,19,20). The van der Waals surface area contributed by atoms with Crippen LogP contribution in [0.5, 0.6) is 0 Å². The van der Waals surface area contributed by atoms with E-state index in [9.17, 15) is 9.90 Å². The van der Waals surface area contributed by atoms with Crippen molar-refractivity contribution in [1.29, 1.82) is 0 Å². The van der Waals surface area contributed by atoms with Crippen LogP contribution in [0.25, 0.3) is 5.69 Å². The van der Waals surface area contributed by atoms with Crippen molar-refractivity contribution in [2.24, 2.45) is 0 Å². The molecule has 5 nitrogen and oxygen atoms in total. The van der Waals surface area contributed by atoms with E-state index in [0.717, 1.165) is 30.5 Å².